The summed E-state index contributed by atoms with van der Waals surface area (Å²) in [6.07, 6.45) is 3.08. The molecule has 1 saturated heterocycles. The zero-order chi connectivity index (χ0) is 24.9. The van der Waals surface area contributed by atoms with Gasteiger partial charge < -0.3 is 9.32 Å². The van der Waals surface area contributed by atoms with Gasteiger partial charge in [-0.2, -0.15) is 0 Å². The molecular weight excluding hydrogens is 478 g/mol. The summed E-state index contributed by atoms with van der Waals surface area (Å²) < 4.78 is 33.8. The third-order valence-corrected chi connectivity index (χ3v) is 9.26. The van der Waals surface area contributed by atoms with Crippen LogP contribution in [0.1, 0.15) is 42.1 Å². The molecule has 2 aliphatic heterocycles. The first kappa shape index (κ1) is 23.0. The van der Waals surface area contributed by atoms with Gasteiger partial charge in [0.25, 0.3) is 15.9 Å². The molecule has 1 fully saturated rings. The molecule has 0 radical (unpaired) electrons. The van der Waals surface area contributed by atoms with Gasteiger partial charge in [0, 0.05) is 31.1 Å². The molecule has 4 aromatic rings. The summed E-state index contributed by atoms with van der Waals surface area (Å²) in [5, 5.41) is 2.11. The average Bonchev–Trinajstić information content (AvgIpc) is 3.33. The lowest BCUT2D eigenvalue weighted by Crippen LogP contribution is -2.37. The van der Waals surface area contributed by atoms with Gasteiger partial charge in [0.2, 0.25) is 0 Å². The average molecular weight is 506 g/mol. The molecule has 0 bridgehead atoms. The highest BCUT2D eigenvalue weighted by Crippen LogP contribution is 2.32. The number of oxazole rings is 1. The molecule has 0 atom stereocenters. The summed E-state index contributed by atoms with van der Waals surface area (Å²) in [5.74, 6) is -0.742. The van der Waals surface area contributed by atoms with Crippen LogP contribution in [0.4, 0.5) is 0 Å². The highest BCUT2D eigenvalue weighted by molar-refractivity contribution is 7.90. The Bertz CT molecular complexity index is 1630. The largest absolute Gasteiger partial charge is 0.420 e. The Morgan fingerprint density at radius 1 is 0.861 bits per heavy atom. The number of hydrogen-bond donors (Lipinski definition) is 0. The number of unbranched alkanes of at least 4 members (excludes halogenated alkanes) is 1. The van der Waals surface area contributed by atoms with E-state index in [1.807, 2.05) is 41.0 Å². The number of piperidine rings is 1. The van der Waals surface area contributed by atoms with Crippen LogP contribution >= 0.6 is 0 Å². The van der Waals surface area contributed by atoms with Crippen molar-refractivity contribution in [3.05, 3.63) is 76.8 Å². The third kappa shape index (κ3) is 3.74. The lowest BCUT2D eigenvalue weighted by molar-refractivity contribution is 0.0868. The van der Waals surface area contributed by atoms with E-state index in [1.165, 1.54) is 6.07 Å². The molecule has 36 heavy (non-hydrogen) atoms. The second-order valence-corrected chi connectivity index (χ2v) is 11.4. The van der Waals surface area contributed by atoms with E-state index in [-0.39, 0.29) is 28.8 Å². The first-order valence-corrected chi connectivity index (χ1v) is 13.8. The van der Waals surface area contributed by atoms with Gasteiger partial charge in [-0.05, 0) is 55.8 Å². The van der Waals surface area contributed by atoms with Crippen LogP contribution in [0, 0.1) is 0 Å². The number of fused-ring (bicyclic) bond motifs is 4. The molecule has 2 aliphatic rings. The smallest absolute Gasteiger partial charge is 0.408 e. The molecular formula is C27H27N3O5S. The van der Waals surface area contributed by atoms with Gasteiger partial charge in [0.1, 0.15) is 4.90 Å². The molecule has 1 amide bonds. The summed E-state index contributed by atoms with van der Waals surface area (Å²) in [6.45, 7) is 2.71. The van der Waals surface area contributed by atoms with Crippen molar-refractivity contribution >= 4 is 37.8 Å². The summed E-state index contributed by atoms with van der Waals surface area (Å²) in [6, 6.07) is 18.3. The highest BCUT2D eigenvalue weighted by Gasteiger charge is 2.40. The van der Waals surface area contributed by atoms with E-state index < -0.39 is 15.9 Å². The maximum atomic E-state index is 12.8. The fourth-order valence-electron chi connectivity index (χ4n) is 5.58. The SMILES string of the molecule is O=C1c2ccccc2S(=O)(=O)N1CCCCN1CCC(n2c(=O)oc3ccc4ccccc4c32)CC1. The Balaban J connectivity index is 1.07. The van der Waals surface area contributed by atoms with E-state index in [4.69, 9.17) is 4.42 Å². The molecule has 0 saturated carbocycles. The van der Waals surface area contributed by atoms with E-state index in [0.29, 0.717) is 12.0 Å². The van der Waals surface area contributed by atoms with Crippen LogP contribution in [0.15, 0.2) is 74.8 Å². The number of nitrogens with zero attached hydrogens (tertiary/aromatic N) is 3. The van der Waals surface area contributed by atoms with Crippen LogP contribution in [-0.2, 0) is 10.0 Å². The van der Waals surface area contributed by atoms with Crippen LogP contribution in [0.2, 0.25) is 0 Å². The van der Waals surface area contributed by atoms with Gasteiger partial charge in [-0.1, -0.05) is 42.5 Å². The summed E-state index contributed by atoms with van der Waals surface area (Å²) >= 11 is 0. The molecule has 8 nitrogen and oxygen atoms in total. The molecule has 186 valence electrons. The monoisotopic (exact) mass is 505 g/mol. The Morgan fingerprint density at radius 3 is 2.39 bits per heavy atom. The van der Waals surface area contributed by atoms with Crippen LogP contribution in [0.3, 0.4) is 0 Å². The second-order valence-electron chi connectivity index (χ2n) is 9.53. The number of aromatic nitrogens is 1. The Morgan fingerprint density at radius 2 is 1.58 bits per heavy atom. The first-order chi connectivity index (χ1) is 17.4. The van der Waals surface area contributed by atoms with Crippen molar-refractivity contribution in [3.63, 3.8) is 0 Å². The molecule has 9 heteroatoms. The standard InChI is InChI=1S/C27H27N3O5S/c31-26-22-9-3-4-10-24(22)36(33,34)29(26)16-6-5-15-28-17-13-20(14-18-28)30-25-21-8-2-1-7-19(21)11-12-23(25)35-27(30)32/h1-4,7-12,20H,5-6,13-18H2. The topological polar surface area (TPSA) is 92.8 Å². The Kier molecular flexibility index (Phi) is 5.69. The summed E-state index contributed by atoms with van der Waals surface area (Å²) in [7, 11) is -3.74. The third-order valence-electron chi connectivity index (χ3n) is 7.42. The van der Waals surface area contributed by atoms with E-state index in [0.717, 1.165) is 59.5 Å². The van der Waals surface area contributed by atoms with Gasteiger partial charge in [0.05, 0.1) is 11.1 Å². The van der Waals surface area contributed by atoms with Crippen molar-refractivity contribution in [2.75, 3.05) is 26.2 Å². The lowest BCUT2D eigenvalue weighted by Gasteiger charge is -2.32. The van der Waals surface area contributed by atoms with Gasteiger partial charge >= 0.3 is 5.76 Å². The summed E-state index contributed by atoms with van der Waals surface area (Å²) in [5.41, 5.74) is 1.75. The van der Waals surface area contributed by atoms with E-state index in [2.05, 4.69) is 4.90 Å². The zero-order valence-electron chi connectivity index (χ0n) is 19.8. The van der Waals surface area contributed by atoms with Crippen LogP contribution in [0.5, 0.6) is 0 Å². The molecule has 3 heterocycles. The number of likely N-dealkylation sites (tertiary alicyclic amines) is 1. The number of rotatable bonds is 6. The summed E-state index contributed by atoms with van der Waals surface area (Å²) in [4.78, 5) is 27.8. The van der Waals surface area contributed by atoms with Crippen molar-refractivity contribution in [2.24, 2.45) is 0 Å². The second kappa shape index (κ2) is 8.90. The molecule has 6 rings (SSSR count). The molecule has 0 spiro atoms. The van der Waals surface area contributed by atoms with E-state index in [1.54, 1.807) is 18.2 Å². The predicted octanol–water partition coefficient (Wildman–Crippen LogP) is 4.01. The number of hydrogen-bond acceptors (Lipinski definition) is 6. The van der Waals surface area contributed by atoms with Crippen molar-refractivity contribution < 1.29 is 17.6 Å². The van der Waals surface area contributed by atoms with Crippen molar-refractivity contribution in [2.45, 2.75) is 36.6 Å². The number of benzene rings is 3. The Hall–Kier alpha value is -3.43. The first-order valence-electron chi connectivity index (χ1n) is 12.4. The Labute approximate surface area is 208 Å². The lowest BCUT2D eigenvalue weighted by atomic mass is 10.0. The minimum atomic E-state index is -3.74. The maximum absolute atomic E-state index is 12.8. The number of carbonyl (C=O) groups excluding carboxylic acids is 1. The number of sulfonamides is 1. The fraction of sp³-hybridized carbons (Fsp3) is 0.333. The quantitative estimate of drug-likeness (QED) is 0.368. The van der Waals surface area contributed by atoms with E-state index >= 15 is 0 Å². The van der Waals surface area contributed by atoms with Crippen LogP contribution < -0.4 is 5.76 Å². The van der Waals surface area contributed by atoms with Gasteiger partial charge in [0.15, 0.2) is 5.58 Å². The number of amides is 1. The minimum absolute atomic E-state index is 0.0756. The maximum Gasteiger partial charge on any atom is 0.420 e. The van der Waals surface area contributed by atoms with Crippen molar-refractivity contribution in [1.82, 2.24) is 13.8 Å². The molecule has 0 N–H and O–H groups in total. The van der Waals surface area contributed by atoms with E-state index in [9.17, 15) is 18.0 Å². The molecule has 0 unspecified atom stereocenters. The molecule has 3 aromatic carbocycles. The van der Waals surface area contributed by atoms with Gasteiger partial charge in [-0.3, -0.25) is 9.36 Å². The van der Waals surface area contributed by atoms with Crippen molar-refractivity contribution in [3.8, 4) is 0 Å². The van der Waals surface area contributed by atoms with Crippen LogP contribution in [-0.4, -0.2) is 54.3 Å². The van der Waals surface area contributed by atoms with Gasteiger partial charge in [-0.15, -0.1) is 0 Å². The normalized spacial score (nSPS) is 18.3. The van der Waals surface area contributed by atoms with Crippen LogP contribution in [0.25, 0.3) is 21.9 Å². The number of carbonyl (C=O) groups is 1. The zero-order valence-corrected chi connectivity index (χ0v) is 20.6. The highest BCUT2D eigenvalue weighted by atomic mass is 32.2. The fourth-order valence-corrected chi connectivity index (χ4v) is 7.18. The molecule has 1 aromatic heterocycles. The molecule has 0 aliphatic carbocycles. The predicted molar refractivity (Wildman–Crippen MR) is 137 cm³/mol. The van der Waals surface area contributed by atoms with Gasteiger partial charge in [-0.25, -0.2) is 17.5 Å². The van der Waals surface area contributed by atoms with Crippen molar-refractivity contribution in [1.29, 1.82) is 0 Å². The minimum Gasteiger partial charge on any atom is -0.408 e.